The molecule has 2 unspecified atom stereocenters. The van der Waals surface area contributed by atoms with Crippen LogP contribution in [0.4, 0.5) is 21.3 Å². The summed E-state index contributed by atoms with van der Waals surface area (Å²) in [5, 5.41) is 21.4. The molecule has 218 valence electrons. The number of β-amino-alcohol motifs (C(OH)–C–C–N with tert-alkyl or cyclic N) is 1. The third kappa shape index (κ3) is 4.02. The Labute approximate surface area is 243 Å². The molecule has 3 N–H and O–H groups in total. The van der Waals surface area contributed by atoms with Gasteiger partial charge < -0.3 is 25.4 Å². The summed E-state index contributed by atoms with van der Waals surface area (Å²) in [6.45, 7) is 6.22. The van der Waals surface area contributed by atoms with Crippen molar-refractivity contribution in [1.29, 1.82) is 5.26 Å². The van der Waals surface area contributed by atoms with Crippen LogP contribution in [-0.2, 0) is 11.8 Å². The first-order valence-corrected chi connectivity index (χ1v) is 15.8. The van der Waals surface area contributed by atoms with Gasteiger partial charge >= 0.3 is 6.01 Å². The lowest BCUT2D eigenvalue weighted by Gasteiger charge is -2.53. The fraction of sp³-hybridized carbons (Fsp3) is 0.724. The van der Waals surface area contributed by atoms with Crippen molar-refractivity contribution in [1.82, 2.24) is 19.9 Å². The van der Waals surface area contributed by atoms with E-state index in [0.717, 1.165) is 63.8 Å². The van der Waals surface area contributed by atoms with Gasteiger partial charge in [0.25, 0.3) is 0 Å². The Morgan fingerprint density at radius 3 is 2.71 bits per heavy atom. The Hall–Kier alpha value is -2.75. The molecule has 4 saturated heterocycles. The van der Waals surface area contributed by atoms with Gasteiger partial charge in [-0.25, -0.2) is 4.39 Å². The third-order valence-corrected chi connectivity index (χ3v) is 11.7. The number of hydrogen-bond acceptors (Lipinski definition) is 11. The smallest absolute Gasteiger partial charge is 0.323 e. The van der Waals surface area contributed by atoms with E-state index >= 15 is 0 Å². The fourth-order valence-electron chi connectivity index (χ4n) is 8.74. The van der Waals surface area contributed by atoms with E-state index in [2.05, 4.69) is 15.9 Å². The van der Waals surface area contributed by atoms with Crippen molar-refractivity contribution in [3.8, 4) is 12.1 Å². The Kier molecular flexibility index (Phi) is 5.61. The number of alkyl halides is 1. The number of fused-ring (bicyclic) bond motifs is 5. The number of thiophene rings is 1. The second kappa shape index (κ2) is 8.88. The van der Waals surface area contributed by atoms with Crippen LogP contribution in [0.2, 0.25) is 0 Å². The van der Waals surface area contributed by atoms with Crippen molar-refractivity contribution in [3.63, 3.8) is 0 Å². The molecule has 0 aromatic carbocycles. The first-order valence-electron chi connectivity index (χ1n) is 15.0. The van der Waals surface area contributed by atoms with Crippen molar-refractivity contribution in [2.45, 2.75) is 74.6 Å². The summed E-state index contributed by atoms with van der Waals surface area (Å²) < 4.78 is 20.7. The first kappa shape index (κ1) is 25.9. The maximum absolute atomic E-state index is 14.4. The van der Waals surface area contributed by atoms with Crippen molar-refractivity contribution >= 4 is 28.2 Å². The summed E-state index contributed by atoms with van der Waals surface area (Å²) in [6.07, 6.45) is 5.41. The SMILES string of the molecule is C[C@@]1(O)CCCN(c2nc(OC[C@@]34CCCN3C[C@H](F)C4)nc(N3CC4(C3)c3c(sc(N)c3C#N)CC3CC34)n2)C1. The molecule has 0 radical (unpaired) electrons. The molecule has 2 aliphatic carbocycles. The van der Waals surface area contributed by atoms with Crippen molar-refractivity contribution in [3.05, 3.63) is 16.0 Å². The Morgan fingerprint density at radius 1 is 1.15 bits per heavy atom. The van der Waals surface area contributed by atoms with E-state index in [1.54, 1.807) is 11.3 Å². The van der Waals surface area contributed by atoms with Crippen molar-refractivity contribution in [2.24, 2.45) is 11.8 Å². The van der Waals surface area contributed by atoms with Crippen LogP contribution in [0.1, 0.15) is 61.5 Å². The van der Waals surface area contributed by atoms with Crippen LogP contribution in [0.5, 0.6) is 6.01 Å². The molecule has 1 saturated carbocycles. The summed E-state index contributed by atoms with van der Waals surface area (Å²) >= 11 is 1.58. The zero-order chi connectivity index (χ0) is 28.1. The van der Waals surface area contributed by atoms with Gasteiger partial charge in [-0.1, -0.05) is 0 Å². The highest BCUT2D eigenvalue weighted by molar-refractivity contribution is 7.16. The van der Waals surface area contributed by atoms with Crippen LogP contribution in [0.15, 0.2) is 0 Å². The maximum atomic E-state index is 14.4. The van der Waals surface area contributed by atoms with Gasteiger partial charge in [0, 0.05) is 49.4 Å². The van der Waals surface area contributed by atoms with Crippen molar-refractivity contribution in [2.75, 3.05) is 61.4 Å². The number of halogens is 1. The van der Waals surface area contributed by atoms with Crippen LogP contribution in [0.25, 0.3) is 0 Å². The van der Waals surface area contributed by atoms with Gasteiger partial charge in [-0.3, -0.25) is 4.90 Å². The van der Waals surface area contributed by atoms with Gasteiger partial charge in [0.05, 0.1) is 16.7 Å². The zero-order valence-corrected chi connectivity index (χ0v) is 24.3. The minimum Gasteiger partial charge on any atom is -0.461 e. The summed E-state index contributed by atoms with van der Waals surface area (Å²) in [5.74, 6) is 2.29. The summed E-state index contributed by atoms with van der Waals surface area (Å²) in [5.41, 5.74) is 6.91. The molecule has 6 aliphatic rings. The molecule has 0 amide bonds. The molecule has 8 rings (SSSR count). The quantitative estimate of drug-likeness (QED) is 0.545. The molecule has 10 nitrogen and oxygen atoms in total. The number of anilines is 3. The second-order valence-corrected chi connectivity index (χ2v) is 14.8. The van der Waals surface area contributed by atoms with Gasteiger partial charge in [0.1, 0.15) is 23.8 Å². The number of ether oxygens (including phenoxy) is 1. The first-order chi connectivity index (χ1) is 19.7. The fourth-order valence-corrected chi connectivity index (χ4v) is 9.96. The molecule has 41 heavy (non-hydrogen) atoms. The van der Waals surface area contributed by atoms with E-state index in [4.69, 9.17) is 25.4 Å². The number of piperidine rings is 1. The molecule has 4 aliphatic heterocycles. The summed E-state index contributed by atoms with van der Waals surface area (Å²) in [4.78, 5) is 22.1. The van der Waals surface area contributed by atoms with Crippen LogP contribution in [0.3, 0.4) is 0 Å². The van der Waals surface area contributed by atoms with Crippen LogP contribution in [0, 0.1) is 23.2 Å². The van der Waals surface area contributed by atoms with Gasteiger partial charge in [-0.05, 0) is 69.4 Å². The number of nitrogens with zero attached hydrogens (tertiary/aromatic N) is 7. The monoisotopic (exact) mass is 580 g/mol. The molecular weight excluding hydrogens is 543 g/mol. The molecule has 6 heterocycles. The number of nitriles is 1. The second-order valence-electron chi connectivity index (χ2n) is 13.7. The maximum Gasteiger partial charge on any atom is 0.323 e. The molecule has 2 aromatic rings. The molecule has 5 fully saturated rings. The molecule has 5 atom stereocenters. The molecule has 0 bridgehead atoms. The predicted molar refractivity (Wildman–Crippen MR) is 153 cm³/mol. The number of nitrogen functional groups attached to an aromatic ring is 1. The highest BCUT2D eigenvalue weighted by Gasteiger charge is 2.64. The summed E-state index contributed by atoms with van der Waals surface area (Å²) in [7, 11) is 0. The third-order valence-electron chi connectivity index (χ3n) is 10.7. The highest BCUT2D eigenvalue weighted by Crippen LogP contribution is 2.64. The Balaban J connectivity index is 1.10. The van der Waals surface area contributed by atoms with E-state index in [-0.39, 0.29) is 17.0 Å². The lowest BCUT2D eigenvalue weighted by atomic mass is 9.65. The minimum absolute atomic E-state index is 0.0939. The normalized spacial score (nSPS) is 35.0. The zero-order valence-electron chi connectivity index (χ0n) is 23.5. The number of hydrogen-bond donors (Lipinski definition) is 2. The topological polar surface area (TPSA) is 128 Å². The highest BCUT2D eigenvalue weighted by atomic mass is 32.1. The van der Waals surface area contributed by atoms with Crippen LogP contribution < -0.4 is 20.3 Å². The average molecular weight is 581 g/mol. The number of aromatic nitrogens is 3. The van der Waals surface area contributed by atoms with Crippen LogP contribution >= 0.6 is 11.3 Å². The van der Waals surface area contributed by atoms with E-state index < -0.39 is 11.8 Å². The van der Waals surface area contributed by atoms with Crippen LogP contribution in [-0.4, -0.2) is 88.1 Å². The molecular formula is C29H37FN8O2S. The summed E-state index contributed by atoms with van der Waals surface area (Å²) in [6, 6.07) is 2.65. The van der Waals surface area contributed by atoms with E-state index in [9.17, 15) is 14.8 Å². The van der Waals surface area contributed by atoms with Gasteiger partial charge in [0.15, 0.2) is 0 Å². The predicted octanol–water partition coefficient (Wildman–Crippen LogP) is 2.64. The van der Waals surface area contributed by atoms with E-state index in [0.29, 0.717) is 60.4 Å². The number of aliphatic hydroxyl groups is 1. The van der Waals surface area contributed by atoms with Gasteiger partial charge in [0.2, 0.25) is 11.9 Å². The van der Waals surface area contributed by atoms with Gasteiger partial charge in [-0.15, -0.1) is 11.3 Å². The van der Waals surface area contributed by atoms with E-state index in [1.807, 2.05) is 11.8 Å². The molecule has 1 spiro atoms. The van der Waals surface area contributed by atoms with Crippen molar-refractivity contribution < 1.29 is 14.2 Å². The standard InChI is InChI=1S/C29H37FN8O2S/c1-27(39)4-2-6-36(13-27)24-33-25(35-26(34-24)40-16-28-5-3-7-38(28)12-18(30)10-28)37-14-29(15-37)20-8-17(20)9-21-22(29)19(11-31)23(32)41-21/h17-18,20,39H,2-10,12-16,32H2,1H3/t17?,18-,20?,27-,28+/m1/s1. The molecule has 2 aromatic heterocycles. The Bertz CT molecular complexity index is 1440. The van der Waals surface area contributed by atoms with E-state index in [1.165, 1.54) is 11.3 Å². The lowest BCUT2D eigenvalue weighted by Crippen LogP contribution is -2.63. The minimum atomic E-state index is -0.827. The number of nitrogens with two attached hydrogens (primary N) is 1. The number of rotatable bonds is 5. The van der Waals surface area contributed by atoms with Gasteiger partial charge in [-0.2, -0.15) is 20.2 Å². The largest absolute Gasteiger partial charge is 0.461 e. The Morgan fingerprint density at radius 2 is 1.93 bits per heavy atom. The lowest BCUT2D eigenvalue weighted by molar-refractivity contribution is 0.0443. The molecule has 12 heteroatoms. The average Bonchev–Trinajstić information content (AvgIpc) is 3.32.